The molecular weight excluding hydrogens is 498 g/mol. The van der Waals surface area contributed by atoms with Gasteiger partial charge in [-0.1, -0.05) is 59.9 Å². The summed E-state index contributed by atoms with van der Waals surface area (Å²) in [6.07, 6.45) is 0. The quantitative estimate of drug-likeness (QED) is 0.296. The van der Waals surface area contributed by atoms with Gasteiger partial charge in [-0.2, -0.15) is 0 Å². The Kier molecular flexibility index (Phi) is 6.89. The highest BCUT2D eigenvalue weighted by molar-refractivity contribution is 7.22. The van der Waals surface area contributed by atoms with Gasteiger partial charge in [0.1, 0.15) is 0 Å². The summed E-state index contributed by atoms with van der Waals surface area (Å²) in [5.41, 5.74) is 3.26. The van der Waals surface area contributed by atoms with Gasteiger partial charge in [-0.25, -0.2) is 9.67 Å². The molecule has 3 aromatic carbocycles. The average molecular weight is 528 g/mol. The van der Waals surface area contributed by atoms with Gasteiger partial charge in [0.05, 0.1) is 37.0 Å². The van der Waals surface area contributed by atoms with Gasteiger partial charge in [-0.3, -0.25) is 4.90 Å². The van der Waals surface area contributed by atoms with E-state index >= 15 is 0 Å². The fourth-order valence-electron chi connectivity index (χ4n) is 4.99. The monoisotopic (exact) mass is 527 g/mol. The first-order valence-electron chi connectivity index (χ1n) is 12.6. The molecule has 0 unspecified atom stereocenters. The highest BCUT2D eigenvalue weighted by Crippen LogP contribution is 2.36. The first-order valence-corrected chi connectivity index (χ1v) is 13.4. The minimum Gasteiger partial charge on any atom is -0.493 e. The van der Waals surface area contributed by atoms with E-state index in [2.05, 4.69) is 61.7 Å². The van der Waals surface area contributed by atoms with Crippen LogP contribution in [0.5, 0.6) is 11.5 Å². The number of para-hydroxylation sites is 1. The van der Waals surface area contributed by atoms with Gasteiger partial charge in [0.15, 0.2) is 22.5 Å². The average Bonchev–Trinajstić information content (AvgIpc) is 3.61. The van der Waals surface area contributed by atoms with Crippen LogP contribution in [0.3, 0.4) is 0 Å². The fraction of sp³-hybridized carbons (Fsp3) is 0.286. The lowest BCUT2D eigenvalue weighted by molar-refractivity contribution is 0.201. The lowest BCUT2D eigenvalue weighted by atomic mass is 10.0. The number of nitrogens with zero attached hydrogens (tertiary/aromatic N) is 7. The first kappa shape index (κ1) is 24.3. The van der Waals surface area contributed by atoms with Crippen LogP contribution in [0.4, 0.5) is 5.13 Å². The van der Waals surface area contributed by atoms with Crippen LogP contribution in [0.1, 0.15) is 23.0 Å². The number of rotatable bonds is 8. The number of tetrazole rings is 1. The van der Waals surface area contributed by atoms with Crippen LogP contribution >= 0.6 is 11.3 Å². The van der Waals surface area contributed by atoms with E-state index in [1.807, 2.05) is 41.1 Å². The first-order chi connectivity index (χ1) is 18.7. The summed E-state index contributed by atoms with van der Waals surface area (Å²) in [6, 6.07) is 24.5. The Labute approximate surface area is 225 Å². The Morgan fingerprint density at radius 1 is 0.868 bits per heavy atom. The van der Waals surface area contributed by atoms with Crippen molar-refractivity contribution >= 4 is 26.7 Å². The van der Waals surface area contributed by atoms with E-state index in [1.54, 1.807) is 25.6 Å². The van der Waals surface area contributed by atoms with Crippen molar-refractivity contribution in [3.05, 3.63) is 89.7 Å². The zero-order valence-electron chi connectivity index (χ0n) is 21.4. The van der Waals surface area contributed by atoms with Gasteiger partial charge in [-0.15, -0.1) is 5.10 Å². The molecule has 0 amide bonds. The van der Waals surface area contributed by atoms with Crippen LogP contribution in [-0.4, -0.2) is 70.5 Å². The maximum atomic E-state index is 5.64. The summed E-state index contributed by atoms with van der Waals surface area (Å²) >= 11 is 1.75. The number of fused-ring (bicyclic) bond motifs is 1. The number of hydrogen-bond acceptors (Lipinski definition) is 9. The molecular formula is C28H29N7O2S. The Bertz CT molecular complexity index is 1480. The van der Waals surface area contributed by atoms with Gasteiger partial charge >= 0.3 is 0 Å². The van der Waals surface area contributed by atoms with Crippen LogP contribution in [-0.2, 0) is 6.54 Å². The van der Waals surface area contributed by atoms with Crippen LogP contribution in [0.15, 0.2) is 72.8 Å². The lowest BCUT2D eigenvalue weighted by Gasteiger charge is -2.39. The zero-order valence-corrected chi connectivity index (χ0v) is 22.2. The molecule has 194 valence electrons. The van der Waals surface area contributed by atoms with Crippen molar-refractivity contribution in [1.82, 2.24) is 30.1 Å². The van der Waals surface area contributed by atoms with Crippen LogP contribution in [0.2, 0.25) is 0 Å². The highest BCUT2D eigenvalue weighted by atomic mass is 32.1. The molecule has 5 aromatic rings. The molecule has 1 aliphatic rings. The molecule has 38 heavy (non-hydrogen) atoms. The van der Waals surface area contributed by atoms with Crippen LogP contribution in [0.25, 0.3) is 10.2 Å². The number of aromatic nitrogens is 5. The fourth-order valence-corrected chi connectivity index (χ4v) is 6.01. The van der Waals surface area contributed by atoms with E-state index in [-0.39, 0.29) is 6.04 Å². The van der Waals surface area contributed by atoms with Gasteiger partial charge in [0.2, 0.25) is 0 Å². The van der Waals surface area contributed by atoms with E-state index in [0.717, 1.165) is 53.8 Å². The molecule has 6 rings (SSSR count). The van der Waals surface area contributed by atoms with Crippen molar-refractivity contribution < 1.29 is 9.47 Å². The number of methoxy groups -OCH3 is 2. The highest BCUT2D eigenvalue weighted by Gasteiger charge is 2.32. The molecule has 0 radical (unpaired) electrons. The standard InChI is InChI=1S/C28H29N7O2S/c1-36-23-13-12-21(18-24(23)37-2)26(27-30-31-32-35(27)19-20-8-4-3-5-9-20)33-14-16-34(17-15-33)28-29-22-10-6-7-11-25(22)38-28/h3-13,18,26H,14-17,19H2,1-2H3/t26-/m0/s1. The zero-order chi connectivity index (χ0) is 25.9. The second-order valence-corrected chi connectivity index (χ2v) is 10.2. The summed E-state index contributed by atoms with van der Waals surface area (Å²) in [5.74, 6) is 2.18. The largest absolute Gasteiger partial charge is 0.493 e. The summed E-state index contributed by atoms with van der Waals surface area (Å²) in [6.45, 7) is 4.01. The molecule has 0 aliphatic carbocycles. The van der Waals surface area contributed by atoms with Crippen molar-refractivity contribution in [2.75, 3.05) is 45.3 Å². The molecule has 9 nitrogen and oxygen atoms in total. The van der Waals surface area contributed by atoms with E-state index in [0.29, 0.717) is 18.0 Å². The van der Waals surface area contributed by atoms with Gasteiger partial charge in [0, 0.05) is 26.2 Å². The van der Waals surface area contributed by atoms with Crippen LogP contribution < -0.4 is 14.4 Å². The second-order valence-electron chi connectivity index (χ2n) is 9.18. The molecule has 1 saturated heterocycles. The third kappa shape index (κ3) is 4.80. The maximum Gasteiger partial charge on any atom is 0.186 e. The minimum atomic E-state index is -0.147. The Balaban J connectivity index is 1.31. The summed E-state index contributed by atoms with van der Waals surface area (Å²) < 4.78 is 14.3. The second kappa shape index (κ2) is 10.8. The van der Waals surface area contributed by atoms with Crippen molar-refractivity contribution in [1.29, 1.82) is 0 Å². The van der Waals surface area contributed by atoms with Crippen molar-refractivity contribution in [2.24, 2.45) is 0 Å². The number of piperazine rings is 1. The number of benzene rings is 3. The third-order valence-corrected chi connectivity index (χ3v) is 8.03. The number of anilines is 1. The van der Waals surface area contributed by atoms with E-state index < -0.39 is 0 Å². The van der Waals surface area contributed by atoms with Crippen molar-refractivity contribution in [3.63, 3.8) is 0 Å². The molecule has 1 fully saturated rings. The summed E-state index contributed by atoms with van der Waals surface area (Å²) in [7, 11) is 3.31. The number of hydrogen-bond donors (Lipinski definition) is 0. The van der Waals surface area contributed by atoms with E-state index in [4.69, 9.17) is 14.5 Å². The third-order valence-electron chi connectivity index (χ3n) is 6.94. The molecule has 0 saturated carbocycles. The Morgan fingerprint density at radius 3 is 2.39 bits per heavy atom. The molecule has 1 atom stereocenters. The maximum absolute atomic E-state index is 5.64. The molecule has 2 aromatic heterocycles. The molecule has 0 spiro atoms. The SMILES string of the molecule is COc1ccc([C@@H](c2nnnn2Cc2ccccc2)N2CCN(c3nc4ccccc4s3)CC2)cc1OC. The molecule has 1 aliphatic heterocycles. The number of ether oxygens (including phenoxy) is 2. The molecule has 0 N–H and O–H groups in total. The van der Waals surface area contributed by atoms with Crippen molar-refractivity contribution in [2.45, 2.75) is 12.6 Å². The Morgan fingerprint density at radius 2 is 1.63 bits per heavy atom. The predicted molar refractivity (Wildman–Crippen MR) is 148 cm³/mol. The lowest BCUT2D eigenvalue weighted by Crippen LogP contribution is -2.48. The van der Waals surface area contributed by atoms with Gasteiger partial charge in [0.25, 0.3) is 0 Å². The topological polar surface area (TPSA) is 81.4 Å². The van der Waals surface area contributed by atoms with E-state index in [1.165, 1.54) is 4.70 Å². The molecule has 0 bridgehead atoms. The number of thiazole rings is 1. The summed E-state index contributed by atoms with van der Waals surface area (Å²) in [4.78, 5) is 9.69. The Hall–Kier alpha value is -4.02. The summed E-state index contributed by atoms with van der Waals surface area (Å²) in [5, 5.41) is 14.1. The predicted octanol–water partition coefficient (Wildman–Crippen LogP) is 4.26. The van der Waals surface area contributed by atoms with Crippen molar-refractivity contribution in [3.8, 4) is 11.5 Å². The molecule has 10 heteroatoms. The smallest absolute Gasteiger partial charge is 0.186 e. The minimum absolute atomic E-state index is 0.147. The van der Waals surface area contributed by atoms with Crippen LogP contribution in [0, 0.1) is 0 Å². The van der Waals surface area contributed by atoms with Gasteiger partial charge in [-0.05, 0) is 45.8 Å². The molecule has 3 heterocycles. The van der Waals surface area contributed by atoms with Gasteiger partial charge < -0.3 is 14.4 Å². The normalized spacial score (nSPS) is 15.1. The van der Waals surface area contributed by atoms with E-state index in [9.17, 15) is 0 Å².